The molecule has 84 valence electrons. The maximum Gasteiger partial charge on any atom is 0.167 e. The summed E-state index contributed by atoms with van der Waals surface area (Å²) < 4.78 is 2.23. The minimum Gasteiger partial charge on any atom is -0.294 e. The summed E-state index contributed by atoms with van der Waals surface area (Å²) in [5.41, 5.74) is 0.871. The Bertz CT molecular complexity index is 530. The fourth-order valence-electron chi connectivity index (χ4n) is 1.66. The van der Waals surface area contributed by atoms with E-state index in [1.165, 1.54) is 0 Å². The van der Waals surface area contributed by atoms with Crippen LogP contribution in [0.1, 0.15) is 30.6 Å². The second kappa shape index (κ2) is 4.68. The highest BCUT2D eigenvalue weighted by Gasteiger charge is 2.17. The molecule has 0 aliphatic heterocycles. The molecule has 1 atom stereocenters. The van der Waals surface area contributed by atoms with Gasteiger partial charge in [-0.25, -0.2) is 0 Å². The van der Waals surface area contributed by atoms with Gasteiger partial charge in [0.05, 0.1) is 0 Å². The fraction of sp³-hybridized carbons (Fsp3) is 0.308. The lowest BCUT2D eigenvalue weighted by Gasteiger charge is -2.06. The van der Waals surface area contributed by atoms with Gasteiger partial charge >= 0.3 is 0 Å². The predicted octanol–water partition coefficient (Wildman–Crippen LogP) is 4.89. The third-order valence-corrected chi connectivity index (χ3v) is 4.83. The Morgan fingerprint density at radius 1 is 1.50 bits per heavy atom. The maximum atomic E-state index is 12.2. The molecule has 0 bridgehead atoms. The van der Waals surface area contributed by atoms with Crippen molar-refractivity contribution < 1.29 is 4.79 Å². The van der Waals surface area contributed by atoms with Crippen LogP contribution in [0.3, 0.4) is 0 Å². The Kier molecular flexibility index (Phi) is 3.45. The Balaban J connectivity index is 2.54. The number of carbonyl (C=O) groups excluding carboxylic acids is 1. The fourth-order valence-corrected chi connectivity index (χ4v) is 3.27. The van der Waals surface area contributed by atoms with E-state index in [0.29, 0.717) is 0 Å². The van der Waals surface area contributed by atoms with Gasteiger partial charge in [-0.1, -0.05) is 26.0 Å². The minimum atomic E-state index is 0.108. The zero-order valence-electron chi connectivity index (χ0n) is 9.29. The summed E-state index contributed by atoms with van der Waals surface area (Å²) in [6, 6.07) is 6.01. The Morgan fingerprint density at radius 3 is 2.94 bits per heavy atom. The highest BCUT2D eigenvalue weighted by atomic mass is 79.9. The smallest absolute Gasteiger partial charge is 0.167 e. The van der Waals surface area contributed by atoms with Gasteiger partial charge in [-0.05, 0) is 28.4 Å². The first-order valence-corrected chi connectivity index (χ1v) is 7.02. The van der Waals surface area contributed by atoms with Crippen molar-refractivity contribution in [3.8, 4) is 0 Å². The monoisotopic (exact) mass is 296 g/mol. The van der Waals surface area contributed by atoms with Crippen molar-refractivity contribution in [2.45, 2.75) is 20.3 Å². The molecule has 1 aromatic heterocycles. The number of thiophene rings is 1. The second-order valence-electron chi connectivity index (χ2n) is 3.94. The van der Waals surface area contributed by atoms with Gasteiger partial charge in [0.1, 0.15) is 0 Å². The van der Waals surface area contributed by atoms with Crippen LogP contribution in [0.5, 0.6) is 0 Å². The van der Waals surface area contributed by atoms with Crippen LogP contribution in [0.15, 0.2) is 28.1 Å². The number of halogens is 1. The highest BCUT2D eigenvalue weighted by Crippen LogP contribution is 2.33. The van der Waals surface area contributed by atoms with Crippen molar-refractivity contribution in [3.05, 3.63) is 33.6 Å². The summed E-state index contributed by atoms with van der Waals surface area (Å²) in [5, 5.41) is 3.05. The number of fused-ring (bicyclic) bond motifs is 1. The van der Waals surface area contributed by atoms with E-state index in [2.05, 4.69) is 15.9 Å². The summed E-state index contributed by atoms with van der Waals surface area (Å²) in [6.07, 6.45) is 0.893. The standard InChI is InChI=1S/C13H13BrOS/c1-3-8(2)12(15)10-7-16-13-9(10)5-4-6-11(13)14/h4-8H,3H2,1-2H3. The van der Waals surface area contributed by atoms with Gasteiger partial charge in [-0.2, -0.15) is 0 Å². The first kappa shape index (κ1) is 11.8. The molecule has 0 spiro atoms. The third-order valence-electron chi connectivity index (χ3n) is 2.88. The lowest BCUT2D eigenvalue weighted by Crippen LogP contribution is -2.09. The van der Waals surface area contributed by atoms with Crippen molar-refractivity contribution in [2.75, 3.05) is 0 Å². The molecular formula is C13H13BrOS. The van der Waals surface area contributed by atoms with E-state index in [1.54, 1.807) is 11.3 Å². The molecule has 0 radical (unpaired) electrons. The van der Waals surface area contributed by atoms with Gasteiger partial charge in [0.15, 0.2) is 5.78 Å². The number of Topliss-reactive ketones (excluding diaryl/α,β-unsaturated/α-hetero) is 1. The van der Waals surface area contributed by atoms with Gasteiger partial charge in [-0.3, -0.25) is 4.79 Å². The normalized spacial score (nSPS) is 12.9. The van der Waals surface area contributed by atoms with Gasteiger partial charge < -0.3 is 0 Å². The predicted molar refractivity (Wildman–Crippen MR) is 73.3 cm³/mol. The molecule has 2 rings (SSSR count). The molecule has 3 heteroatoms. The number of hydrogen-bond acceptors (Lipinski definition) is 2. The molecule has 2 aromatic rings. The van der Waals surface area contributed by atoms with Crippen molar-refractivity contribution in [1.29, 1.82) is 0 Å². The van der Waals surface area contributed by atoms with E-state index >= 15 is 0 Å². The summed E-state index contributed by atoms with van der Waals surface area (Å²) >= 11 is 5.14. The average Bonchev–Trinajstić information content (AvgIpc) is 2.72. The molecule has 0 saturated heterocycles. The minimum absolute atomic E-state index is 0.108. The molecule has 0 N–H and O–H groups in total. The first-order valence-electron chi connectivity index (χ1n) is 5.35. The largest absolute Gasteiger partial charge is 0.294 e. The molecule has 1 aromatic carbocycles. The molecule has 1 heterocycles. The second-order valence-corrected chi connectivity index (χ2v) is 5.67. The first-order chi connectivity index (χ1) is 7.65. The zero-order chi connectivity index (χ0) is 11.7. The maximum absolute atomic E-state index is 12.2. The van der Waals surface area contributed by atoms with Crippen LogP contribution < -0.4 is 0 Å². The molecule has 0 aliphatic rings. The molecule has 1 nitrogen and oxygen atoms in total. The van der Waals surface area contributed by atoms with E-state index in [9.17, 15) is 4.79 Å². The lowest BCUT2D eigenvalue weighted by molar-refractivity contribution is 0.0929. The Morgan fingerprint density at radius 2 is 2.25 bits per heavy atom. The number of benzene rings is 1. The van der Waals surface area contributed by atoms with Crippen LogP contribution in [0, 0.1) is 5.92 Å². The Labute approximate surface area is 108 Å². The van der Waals surface area contributed by atoms with Crippen LogP contribution >= 0.6 is 27.3 Å². The van der Waals surface area contributed by atoms with Gasteiger partial charge in [0, 0.05) is 31.4 Å². The zero-order valence-corrected chi connectivity index (χ0v) is 11.7. The summed E-state index contributed by atoms with van der Waals surface area (Å²) in [6.45, 7) is 4.04. The molecule has 0 fully saturated rings. The number of rotatable bonds is 3. The summed E-state index contributed by atoms with van der Waals surface area (Å²) in [7, 11) is 0. The van der Waals surface area contributed by atoms with Crippen molar-refractivity contribution in [3.63, 3.8) is 0 Å². The van der Waals surface area contributed by atoms with Crippen molar-refractivity contribution in [1.82, 2.24) is 0 Å². The lowest BCUT2D eigenvalue weighted by atomic mass is 9.97. The number of ketones is 1. The van der Waals surface area contributed by atoms with Crippen molar-refractivity contribution in [2.24, 2.45) is 5.92 Å². The highest BCUT2D eigenvalue weighted by molar-refractivity contribution is 9.10. The van der Waals surface area contributed by atoms with E-state index in [-0.39, 0.29) is 11.7 Å². The van der Waals surface area contributed by atoms with Crippen LogP contribution in [-0.2, 0) is 0 Å². The molecule has 0 saturated carbocycles. The number of carbonyl (C=O) groups is 1. The quantitative estimate of drug-likeness (QED) is 0.737. The van der Waals surface area contributed by atoms with E-state index < -0.39 is 0 Å². The van der Waals surface area contributed by atoms with Gasteiger partial charge in [0.2, 0.25) is 0 Å². The van der Waals surface area contributed by atoms with E-state index in [0.717, 1.165) is 26.5 Å². The third kappa shape index (κ3) is 1.94. The van der Waals surface area contributed by atoms with Crippen LogP contribution in [-0.4, -0.2) is 5.78 Å². The summed E-state index contributed by atoms with van der Waals surface area (Å²) in [5.74, 6) is 0.364. The van der Waals surface area contributed by atoms with Crippen LogP contribution in [0.2, 0.25) is 0 Å². The van der Waals surface area contributed by atoms with E-state index in [1.807, 2.05) is 37.4 Å². The number of hydrogen-bond donors (Lipinski definition) is 0. The Hall–Kier alpha value is -0.670. The molecule has 0 amide bonds. The molecule has 1 unspecified atom stereocenters. The van der Waals surface area contributed by atoms with Crippen LogP contribution in [0.25, 0.3) is 10.1 Å². The topological polar surface area (TPSA) is 17.1 Å². The van der Waals surface area contributed by atoms with Gasteiger partial charge in [-0.15, -0.1) is 11.3 Å². The SMILES string of the molecule is CCC(C)C(=O)c1csc2c(Br)cccc12. The van der Waals surface area contributed by atoms with Gasteiger partial charge in [0.25, 0.3) is 0 Å². The summed E-state index contributed by atoms with van der Waals surface area (Å²) in [4.78, 5) is 12.2. The molecular weight excluding hydrogens is 284 g/mol. The molecule has 16 heavy (non-hydrogen) atoms. The van der Waals surface area contributed by atoms with Crippen LogP contribution in [0.4, 0.5) is 0 Å². The van der Waals surface area contributed by atoms with Crippen molar-refractivity contribution >= 4 is 43.1 Å². The van der Waals surface area contributed by atoms with E-state index in [4.69, 9.17) is 0 Å². The molecule has 0 aliphatic carbocycles. The average molecular weight is 297 g/mol.